The largest absolute Gasteiger partial charge is 0.492 e. The highest BCUT2D eigenvalue weighted by atomic mass is 79.9. The van der Waals surface area contributed by atoms with Gasteiger partial charge in [-0.1, -0.05) is 35.9 Å². The van der Waals surface area contributed by atoms with Crippen LogP contribution in [0.25, 0.3) is 6.08 Å². The van der Waals surface area contributed by atoms with Crippen LogP contribution in [0, 0.1) is 12.7 Å². The van der Waals surface area contributed by atoms with Gasteiger partial charge in [-0.2, -0.15) is 0 Å². The molecule has 0 spiro atoms. The average Bonchev–Trinajstić information content (AvgIpc) is 3.08. The van der Waals surface area contributed by atoms with Gasteiger partial charge in [-0.25, -0.2) is 4.39 Å². The van der Waals surface area contributed by atoms with E-state index in [1.54, 1.807) is 30.3 Å². The molecule has 3 aromatic rings. The van der Waals surface area contributed by atoms with Crippen molar-refractivity contribution in [3.8, 4) is 11.5 Å². The molecule has 1 saturated heterocycles. The summed E-state index contributed by atoms with van der Waals surface area (Å²) in [7, 11) is 0. The highest BCUT2D eigenvalue weighted by Crippen LogP contribution is 2.34. The quantitative estimate of drug-likeness (QED) is 0.301. The first kappa shape index (κ1) is 24.0. The number of aryl methyl sites for hydroxylation is 1. The number of amides is 2. The number of carbonyl (C=O) groups is 2. The molecule has 1 aliphatic heterocycles. The van der Waals surface area contributed by atoms with Gasteiger partial charge in [0, 0.05) is 0 Å². The van der Waals surface area contributed by atoms with Gasteiger partial charge in [-0.3, -0.25) is 14.5 Å². The van der Waals surface area contributed by atoms with Crippen LogP contribution in [0.4, 0.5) is 9.18 Å². The highest BCUT2D eigenvalue weighted by Gasteiger charge is 2.34. The van der Waals surface area contributed by atoms with Crippen molar-refractivity contribution in [2.75, 3.05) is 13.2 Å². The predicted octanol–water partition coefficient (Wildman–Crippen LogP) is 6.59. The van der Waals surface area contributed by atoms with Gasteiger partial charge < -0.3 is 9.47 Å². The summed E-state index contributed by atoms with van der Waals surface area (Å²) in [5.74, 6) is 0.676. The monoisotopic (exact) mass is 541 g/mol. The Balaban J connectivity index is 1.35. The summed E-state index contributed by atoms with van der Waals surface area (Å²) in [6.07, 6.45) is 1.68. The van der Waals surface area contributed by atoms with E-state index >= 15 is 0 Å². The zero-order chi connectivity index (χ0) is 24.1. The van der Waals surface area contributed by atoms with Crippen molar-refractivity contribution < 1.29 is 23.5 Å². The molecule has 0 radical (unpaired) electrons. The Morgan fingerprint density at radius 1 is 1.00 bits per heavy atom. The number of thioether (sulfide) groups is 1. The Bertz CT molecular complexity index is 1230. The average molecular weight is 542 g/mol. The molecule has 0 saturated carbocycles. The molecule has 0 aromatic heterocycles. The number of imide groups is 1. The van der Waals surface area contributed by atoms with E-state index in [1.165, 1.54) is 17.0 Å². The van der Waals surface area contributed by atoms with Crippen molar-refractivity contribution in [2.24, 2.45) is 0 Å². The van der Waals surface area contributed by atoms with Crippen LogP contribution < -0.4 is 9.47 Å². The number of halogens is 2. The fourth-order valence-electron chi connectivity index (χ4n) is 3.20. The summed E-state index contributed by atoms with van der Waals surface area (Å²) in [6.45, 7) is 2.68. The third kappa shape index (κ3) is 6.07. The molecule has 8 heteroatoms. The van der Waals surface area contributed by atoms with Crippen molar-refractivity contribution in [3.05, 3.63) is 98.6 Å². The Kier molecular flexibility index (Phi) is 7.70. The molecule has 0 unspecified atom stereocenters. The van der Waals surface area contributed by atoms with E-state index < -0.39 is 0 Å². The number of rotatable bonds is 8. The second-order valence-electron chi connectivity index (χ2n) is 7.60. The van der Waals surface area contributed by atoms with Gasteiger partial charge in [-0.15, -0.1) is 0 Å². The summed E-state index contributed by atoms with van der Waals surface area (Å²) in [5, 5.41) is -0.318. The van der Waals surface area contributed by atoms with Gasteiger partial charge in [0.1, 0.15) is 30.5 Å². The number of carbonyl (C=O) groups excluding carboxylic acids is 2. The van der Waals surface area contributed by atoms with Gasteiger partial charge >= 0.3 is 0 Å². The van der Waals surface area contributed by atoms with E-state index in [4.69, 9.17) is 9.47 Å². The Morgan fingerprint density at radius 3 is 2.44 bits per heavy atom. The standard InChI is InChI=1S/C26H21BrFNO4S/c1-17-2-9-21(10-3-17)32-13-12-29-25(30)24(34-26(29)31)15-19-6-11-23(22(27)14-19)33-16-18-4-7-20(28)8-5-18/h2-11,14-15H,12-13,16H2,1H3/b24-15-. The van der Waals surface area contributed by atoms with Crippen LogP contribution in [0.3, 0.4) is 0 Å². The summed E-state index contributed by atoms with van der Waals surface area (Å²) < 4.78 is 25.2. The highest BCUT2D eigenvalue weighted by molar-refractivity contribution is 9.10. The van der Waals surface area contributed by atoms with Crippen molar-refractivity contribution >= 4 is 44.9 Å². The Labute approximate surface area is 209 Å². The molecule has 0 aliphatic carbocycles. The molecular weight excluding hydrogens is 521 g/mol. The summed E-state index contributed by atoms with van der Waals surface area (Å²) in [5.41, 5.74) is 2.72. The minimum atomic E-state index is -0.338. The van der Waals surface area contributed by atoms with E-state index in [1.807, 2.05) is 37.3 Å². The first-order valence-corrected chi connectivity index (χ1v) is 12.1. The maximum atomic E-state index is 13.0. The van der Waals surface area contributed by atoms with E-state index in [0.717, 1.165) is 28.5 Å². The van der Waals surface area contributed by atoms with Crippen molar-refractivity contribution in [3.63, 3.8) is 0 Å². The van der Waals surface area contributed by atoms with E-state index in [-0.39, 0.29) is 30.1 Å². The second-order valence-corrected chi connectivity index (χ2v) is 9.45. The third-order valence-corrected chi connectivity index (χ3v) is 6.57. The molecule has 1 aliphatic rings. The molecule has 1 fully saturated rings. The number of benzene rings is 3. The summed E-state index contributed by atoms with van der Waals surface area (Å²) >= 11 is 4.39. The van der Waals surface area contributed by atoms with Gasteiger partial charge in [0.2, 0.25) is 0 Å². The van der Waals surface area contributed by atoms with Crippen LogP contribution >= 0.6 is 27.7 Å². The SMILES string of the molecule is Cc1ccc(OCCN2C(=O)S/C(=C\c3ccc(OCc4ccc(F)cc4)c(Br)c3)C2=O)cc1. The normalized spacial score (nSPS) is 14.7. The lowest BCUT2D eigenvalue weighted by atomic mass is 10.2. The molecule has 4 rings (SSSR count). The Hall–Kier alpha value is -3.10. The smallest absolute Gasteiger partial charge is 0.293 e. The van der Waals surface area contributed by atoms with Crippen molar-refractivity contribution in [1.82, 2.24) is 4.90 Å². The van der Waals surface area contributed by atoms with E-state index in [2.05, 4.69) is 15.9 Å². The minimum Gasteiger partial charge on any atom is -0.492 e. The van der Waals surface area contributed by atoms with Crippen LogP contribution in [-0.4, -0.2) is 29.2 Å². The third-order valence-electron chi connectivity index (χ3n) is 5.04. The molecule has 174 valence electrons. The molecule has 5 nitrogen and oxygen atoms in total. The van der Waals surface area contributed by atoms with Crippen LogP contribution in [0.5, 0.6) is 11.5 Å². The fourth-order valence-corrected chi connectivity index (χ4v) is 4.58. The molecule has 2 amide bonds. The van der Waals surface area contributed by atoms with Gasteiger partial charge in [-0.05, 0) is 88.2 Å². The second kappa shape index (κ2) is 10.9. The number of nitrogens with zero attached hydrogens (tertiary/aromatic N) is 1. The lowest BCUT2D eigenvalue weighted by Gasteiger charge is -2.13. The Morgan fingerprint density at radius 2 is 1.74 bits per heavy atom. The van der Waals surface area contributed by atoms with Crippen LogP contribution in [0.2, 0.25) is 0 Å². The molecule has 0 N–H and O–H groups in total. The topological polar surface area (TPSA) is 55.8 Å². The summed E-state index contributed by atoms with van der Waals surface area (Å²) in [4.78, 5) is 26.6. The molecular formula is C26H21BrFNO4S. The first-order valence-electron chi connectivity index (χ1n) is 10.5. The van der Waals surface area contributed by atoms with Crippen molar-refractivity contribution in [2.45, 2.75) is 13.5 Å². The zero-order valence-electron chi connectivity index (χ0n) is 18.3. The van der Waals surface area contributed by atoms with Crippen LogP contribution in [-0.2, 0) is 11.4 Å². The van der Waals surface area contributed by atoms with Crippen LogP contribution in [0.1, 0.15) is 16.7 Å². The lowest BCUT2D eigenvalue weighted by molar-refractivity contribution is -0.123. The maximum Gasteiger partial charge on any atom is 0.293 e. The van der Waals surface area contributed by atoms with Crippen molar-refractivity contribution in [1.29, 1.82) is 0 Å². The first-order chi connectivity index (χ1) is 16.4. The van der Waals surface area contributed by atoms with Gasteiger partial charge in [0.25, 0.3) is 11.1 Å². The van der Waals surface area contributed by atoms with Gasteiger partial charge in [0.15, 0.2) is 0 Å². The van der Waals surface area contributed by atoms with Crippen LogP contribution in [0.15, 0.2) is 76.1 Å². The lowest BCUT2D eigenvalue weighted by Crippen LogP contribution is -2.32. The molecule has 0 atom stereocenters. The van der Waals surface area contributed by atoms with Gasteiger partial charge in [0.05, 0.1) is 15.9 Å². The summed E-state index contributed by atoms with van der Waals surface area (Å²) in [6, 6.07) is 19.1. The maximum absolute atomic E-state index is 13.0. The number of hydrogen-bond acceptors (Lipinski definition) is 5. The molecule has 3 aromatic carbocycles. The minimum absolute atomic E-state index is 0.176. The zero-order valence-corrected chi connectivity index (χ0v) is 20.7. The number of hydrogen-bond donors (Lipinski definition) is 0. The van der Waals surface area contributed by atoms with E-state index in [9.17, 15) is 14.0 Å². The molecule has 34 heavy (non-hydrogen) atoms. The van der Waals surface area contributed by atoms with E-state index in [0.29, 0.717) is 27.5 Å². The molecule has 1 heterocycles. The molecule has 0 bridgehead atoms. The predicted molar refractivity (Wildman–Crippen MR) is 134 cm³/mol. The fraction of sp³-hybridized carbons (Fsp3) is 0.154. The number of ether oxygens (including phenoxy) is 2.